The van der Waals surface area contributed by atoms with Crippen molar-refractivity contribution >= 4 is 0 Å². The summed E-state index contributed by atoms with van der Waals surface area (Å²) in [5.74, 6) is -0.752. The van der Waals surface area contributed by atoms with Crippen LogP contribution >= 0.6 is 0 Å². The predicted molar refractivity (Wildman–Crippen MR) is 77.5 cm³/mol. The number of hydrogen-bond acceptors (Lipinski definition) is 1. The van der Waals surface area contributed by atoms with E-state index in [1.54, 1.807) is 0 Å². The maximum Gasteiger partial charge on any atom is 0.131 e. The molecule has 106 valence electrons. The van der Waals surface area contributed by atoms with E-state index in [-0.39, 0.29) is 5.56 Å². The van der Waals surface area contributed by atoms with Crippen LogP contribution in [0.25, 0.3) is 0 Å². The standard InChI is InChI=1S/C17H19F2N/c1-3-11(2)12-7-9-13(10-8-12)17(20)16-14(18)5-4-6-15(16)19/h4-11,17H,3,20H2,1-2H3. The van der Waals surface area contributed by atoms with E-state index in [1.165, 1.54) is 23.8 Å². The van der Waals surface area contributed by atoms with Crippen LogP contribution in [0.4, 0.5) is 8.78 Å². The third-order valence-corrected chi connectivity index (χ3v) is 3.79. The third-order valence-electron chi connectivity index (χ3n) is 3.79. The molecule has 0 saturated carbocycles. The van der Waals surface area contributed by atoms with Crippen LogP contribution in [-0.2, 0) is 0 Å². The first kappa shape index (κ1) is 14.7. The summed E-state index contributed by atoms with van der Waals surface area (Å²) in [6.07, 6.45) is 1.05. The maximum absolute atomic E-state index is 13.7. The highest BCUT2D eigenvalue weighted by Crippen LogP contribution is 2.26. The molecule has 0 heterocycles. The molecule has 0 radical (unpaired) electrons. The summed E-state index contributed by atoms with van der Waals surface area (Å²) in [6, 6.07) is 10.6. The fraction of sp³-hybridized carbons (Fsp3) is 0.294. The molecule has 3 heteroatoms. The average molecular weight is 275 g/mol. The second-order valence-electron chi connectivity index (χ2n) is 5.09. The smallest absolute Gasteiger partial charge is 0.131 e. The van der Waals surface area contributed by atoms with Gasteiger partial charge in [-0.15, -0.1) is 0 Å². The third kappa shape index (κ3) is 2.88. The van der Waals surface area contributed by atoms with E-state index in [1.807, 2.05) is 24.3 Å². The summed E-state index contributed by atoms with van der Waals surface area (Å²) < 4.78 is 27.5. The van der Waals surface area contributed by atoms with Crippen LogP contribution in [0.5, 0.6) is 0 Å². The monoisotopic (exact) mass is 275 g/mol. The Balaban J connectivity index is 2.32. The van der Waals surface area contributed by atoms with Crippen molar-refractivity contribution in [3.63, 3.8) is 0 Å². The summed E-state index contributed by atoms with van der Waals surface area (Å²) in [6.45, 7) is 4.27. The Bertz CT molecular complexity index is 558. The van der Waals surface area contributed by atoms with Crippen molar-refractivity contribution in [2.75, 3.05) is 0 Å². The van der Waals surface area contributed by atoms with E-state index in [2.05, 4.69) is 13.8 Å². The lowest BCUT2D eigenvalue weighted by molar-refractivity contribution is 0.543. The van der Waals surface area contributed by atoms with Gasteiger partial charge in [-0.2, -0.15) is 0 Å². The van der Waals surface area contributed by atoms with E-state index >= 15 is 0 Å². The molecule has 0 aromatic heterocycles. The summed E-state index contributed by atoms with van der Waals surface area (Å²) in [5, 5.41) is 0. The topological polar surface area (TPSA) is 26.0 Å². The molecule has 20 heavy (non-hydrogen) atoms. The molecule has 0 fully saturated rings. The van der Waals surface area contributed by atoms with Crippen molar-refractivity contribution in [3.05, 3.63) is 70.8 Å². The molecule has 0 saturated heterocycles. The van der Waals surface area contributed by atoms with Crippen molar-refractivity contribution in [1.82, 2.24) is 0 Å². The van der Waals surface area contributed by atoms with Crippen LogP contribution in [0, 0.1) is 11.6 Å². The zero-order chi connectivity index (χ0) is 14.7. The Morgan fingerprint density at radius 2 is 1.45 bits per heavy atom. The first-order valence-electron chi connectivity index (χ1n) is 6.84. The van der Waals surface area contributed by atoms with Gasteiger partial charge in [-0.1, -0.05) is 44.2 Å². The van der Waals surface area contributed by atoms with Gasteiger partial charge in [-0.3, -0.25) is 0 Å². The first-order chi connectivity index (χ1) is 9.54. The second kappa shape index (κ2) is 6.14. The van der Waals surface area contributed by atoms with Gasteiger partial charge in [0.25, 0.3) is 0 Å². The maximum atomic E-state index is 13.7. The normalized spacial score (nSPS) is 14.1. The van der Waals surface area contributed by atoms with Gasteiger partial charge in [0.2, 0.25) is 0 Å². The molecule has 0 aliphatic heterocycles. The average Bonchev–Trinajstić information content (AvgIpc) is 2.46. The Kier molecular flexibility index (Phi) is 4.50. The minimum absolute atomic E-state index is 0.0798. The SMILES string of the molecule is CCC(C)c1ccc(C(N)c2c(F)cccc2F)cc1. The van der Waals surface area contributed by atoms with Gasteiger partial charge in [0.15, 0.2) is 0 Å². The summed E-state index contributed by atoms with van der Waals surface area (Å²) in [5.41, 5.74) is 7.83. The molecule has 0 bridgehead atoms. The Morgan fingerprint density at radius 3 is 1.95 bits per heavy atom. The highest BCUT2D eigenvalue weighted by molar-refractivity contribution is 5.35. The highest BCUT2D eigenvalue weighted by Gasteiger charge is 2.18. The predicted octanol–water partition coefficient (Wildman–Crippen LogP) is 4.53. The van der Waals surface area contributed by atoms with Crippen LogP contribution in [0.2, 0.25) is 0 Å². The van der Waals surface area contributed by atoms with Gasteiger partial charge in [-0.25, -0.2) is 8.78 Å². The van der Waals surface area contributed by atoms with Crippen molar-refractivity contribution < 1.29 is 8.78 Å². The quantitative estimate of drug-likeness (QED) is 0.871. The lowest BCUT2D eigenvalue weighted by Gasteiger charge is -2.16. The molecule has 0 amide bonds. The number of rotatable bonds is 4. The molecular formula is C17H19F2N. The Labute approximate surface area is 118 Å². The van der Waals surface area contributed by atoms with Crippen LogP contribution < -0.4 is 5.73 Å². The number of nitrogens with two attached hydrogens (primary N) is 1. The summed E-state index contributed by atoms with van der Waals surface area (Å²) in [4.78, 5) is 0. The zero-order valence-corrected chi connectivity index (χ0v) is 11.7. The lowest BCUT2D eigenvalue weighted by Crippen LogP contribution is -2.15. The summed E-state index contributed by atoms with van der Waals surface area (Å²) >= 11 is 0. The lowest BCUT2D eigenvalue weighted by atomic mass is 9.93. The molecule has 2 N–H and O–H groups in total. The van der Waals surface area contributed by atoms with E-state index in [0.717, 1.165) is 6.42 Å². The van der Waals surface area contributed by atoms with Gasteiger partial charge < -0.3 is 5.73 Å². The van der Waals surface area contributed by atoms with Gasteiger partial charge in [0.1, 0.15) is 11.6 Å². The molecule has 2 aromatic carbocycles. The van der Waals surface area contributed by atoms with Crippen molar-refractivity contribution in [2.45, 2.75) is 32.2 Å². The van der Waals surface area contributed by atoms with Gasteiger partial charge >= 0.3 is 0 Å². The largest absolute Gasteiger partial charge is 0.320 e. The van der Waals surface area contributed by atoms with Crippen LogP contribution in [-0.4, -0.2) is 0 Å². The zero-order valence-electron chi connectivity index (χ0n) is 11.7. The Morgan fingerprint density at radius 1 is 0.950 bits per heavy atom. The second-order valence-corrected chi connectivity index (χ2v) is 5.09. The number of halogens is 2. The highest BCUT2D eigenvalue weighted by atomic mass is 19.1. The van der Waals surface area contributed by atoms with Crippen LogP contribution in [0.15, 0.2) is 42.5 Å². The van der Waals surface area contributed by atoms with Gasteiger partial charge in [0.05, 0.1) is 6.04 Å². The number of hydrogen-bond donors (Lipinski definition) is 1. The summed E-state index contributed by atoms with van der Waals surface area (Å²) in [7, 11) is 0. The van der Waals surface area contributed by atoms with Gasteiger partial charge in [0, 0.05) is 5.56 Å². The van der Waals surface area contributed by atoms with Crippen molar-refractivity contribution in [2.24, 2.45) is 5.73 Å². The molecule has 1 nitrogen and oxygen atoms in total. The van der Waals surface area contributed by atoms with Crippen molar-refractivity contribution in [3.8, 4) is 0 Å². The minimum atomic E-state index is -0.790. The first-order valence-corrected chi connectivity index (χ1v) is 6.84. The van der Waals surface area contributed by atoms with E-state index < -0.39 is 17.7 Å². The van der Waals surface area contributed by atoms with Crippen LogP contribution in [0.3, 0.4) is 0 Å². The minimum Gasteiger partial charge on any atom is -0.320 e. The van der Waals surface area contributed by atoms with E-state index in [0.29, 0.717) is 11.5 Å². The van der Waals surface area contributed by atoms with E-state index in [9.17, 15) is 8.78 Å². The molecule has 0 aliphatic carbocycles. The van der Waals surface area contributed by atoms with Gasteiger partial charge in [-0.05, 0) is 35.6 Å². The fourth-order valence-corrected chi connectivity index (χ4v) is 2.24. The number of benzene rings is 2. The molecule has 2 aromatic rings. The van der Waals surface area contributed by atoms with Crippen molar-refractivity contribution in [1.29, 1.82) is 0 Å². The molecule has 2 atom stereocenters. The van der Waals surface area contributed by atoms with E-state index in [4.69, 9.17) is 5.73 Å². The molecule has 2 unspecified atom stereocenters. The molecule has 0 aliphatic rings. The molecule has 0 spiro atoms. The van der Waals surface area contributed by atoms with Crippen LogP contribution in [0.1, 0.15) is 48.9 Å². The molecule has 2 rings (SSSR count). The fourth-order valence-electron chi connectivity index (χ4n) is 2.24. The Hall–Kier alpha value is -1.74. The molecular weight excluding hydrogens is 256 g/mol.